The van der Waals surface area contributed by atoms with Crippen LogP contribution in [0.5, 0.6) is 0 Å². The fraction of sp³-hybridized carbons (Fsp3) is 0.267. The van der Waals surface area contributed by atoms with Crippen LogP contribution in [0, 0.1) is 0 Å². The highest BCUT2D eigenvalue weighted by atomic mass is 35.5. The molecule has 0 aliphatic carbocycles. The maximum absolute atomic E-state index is 12.3. The number of hydrogen-bond acceptors (Lipinski definition) is 4. The van der Waals surface area contributed by atoms with E-state index in [4.69, 9.17) is 23.2 Å². The minimum absolute atomic E-state index is 0.362. The Morgan fingerprint density at radius 2 is 1.79 bits per heavy atom. The normalized spacial score (nSPS) is 11.4. The number of halogens is 2. The number of imidazole rings is 1. The number of fused-ring (bicyclic) bond motifs is 1. The van der Waals surface area contributed by atoms with Crippen LogP contribution in [0.3, 0.4) is 0 Å². The molecule has 0 saturated heterocycles. The summed E-state index contributed by atoms with van der Waals surface area (Å²) >= 11 is 13.5. The van der Waals surface area contributed by atoms with Gasteiger partial charge in [-0.3, -0.25) is 13.9 Å². The Labute approximate surface area is 151 Å². The van der Waals surface area contributed by atoms with Crippen LogP contribution >= 0.6 is 35.0 Å². The molecular weight excluding hydrogens is 371 g/mol. The van der Waals surface area contributed by atoms with E-state index in [-0.39, 0.29) is 5.56 Å². The Morgan fingerprint density at radius 1 is 1.08 bits per heavy atom. The van der Waals surface area contributed by atoms with Crippen molar-refractivity contribution in [3.63, 3.8) is 0 Å². The van der Waals surface area contributed by atoms with Crippen molar-refractivity contribution in [3.05, 3.63) is 54.6 Å². The van der Waals surface area contributed by atoms with Gasteiger partial charge in [0.1, 0.15) is 0 Å². The van der Waals surface area contributed by atoms with Crippen molar-refractivity contribution >= 4 is 46.1 Å². The fourth-order valence-corrected chi connectivity index (χ4v) is 3.94. The van der Waals surface area contributed by atoms with E-state index in [9.17, 15) is 9.59 Å². The number of aromatic nitrogens is 4. The second-order valence-electron chi connectivity index (χ2n) is 5.36. The summed E-state index contributed by atoms with van der Waals surface area (Å²) < 4.78 is 4.15. The lowest BCUT2D eigenvalue weighted by atomic mass is 10.2. The number of hydrogen-bond donors (Lipinski definition) is 0. The largest absolute Gasteiger partial charge is 0.332 e. The number of benzene rings is 1. The Hall–Kier alpha value is -1.70. The molecule has 24 heavy (non-hydrogen) atoms. The molecule has 0 saturated carbocycles. The average molecular weight is 385 g/mol. The Morgan fingerprint density at radius 3 is 2.46 bits per heavy atom. The topological polar surface area (TPSA) is 61.8 Å². The molecule has 0 aliphatic rings. The first-order chi connectivity index (χ1) is 11.3. The van der Waals surface area contributed by atoms with Crippen molar-refractivity contribution in [3.8, 4) is 0 Å². The van der Waals surface area contributed by atoms with E-state index < -0.39 is 5.69 Å². The molecule has 1 aromatic carbocycles. The van der Waals surface area contributed by atoms with E-state index in [0.29, 0.717) is 32.1 Å². The fourth-order valence-electron chi connectivity index (χ4n) is 2.41. The smallest absolute Gasteiger partial charge is 0.316 e. The van der Waals surface area contributed by atoms with Gasteiger partial charge in [0.25, 0.3) is 5.56 Å². The minimum Gasteiger partial charge on any atom is -0.316 e. The van der Waals surface area contributed by atoms with Crippen LogP contribution in [0.15, 0.2) is 32.9 Å². The van der Waals surface area contributed by atoms with Gasteiger partial charge in [-0.25, -0.2) is 9.78 Å². The maximum Gasteiger partial charge on any atom is 0.332 e. The summed E-state index contributed by atoms with van der Waals surface area (Å²) in [6.45, 7) is 0. The predicted octanol–water partition coefficient (Wildman–Crippen LogP) is 2.57. The monoisotopic (exact) mass is 384 g/mol. The molecule has 0 aliphatic heterocycles. The number of rotatable bonds is 3. The van der Waals surface area contributed by atoms with Crippen LogP contribution in [0.2, 0.25) is 10.0 Å². The molecule has 0 atom stereocenters. The summed E-state index contributed by atoms with van der Waals surface area (Å²) in [7, 11) is 4.81. The molecule has 2 heterocycles. The number of nitrogens with zero attached hydrogens (tertiary/aromatic N) is 4. The van der Waals surface area contributed by atoms with Crippen LogP contribution < -0.4 is 11.2 Å². The van der Waals surface area contributed by atoms with Crippen LogP contribution in [-0.2, 0) is 26.9 Å². The van der Waals surface area contributed by atoms with Crippen LogP contribution in [0.25, 0.3) is 11.2 Å². The van der Waals surface area contributed by atoms with E-state index in [2.05, 4.69) is 4.98 Å². The summed E-state index contributed by atoms with van der Waals surface area (Å²) in [6, 6.07) is 5.32. The molecule has 0 N–H and O–H groups in total. The summed E-state index contributed by atoms with van der Waals surface area (Å²) in [6.07, 6.45) is 0. The molecule has 0 amide bonds. The standard InChI is InChI=1S/C15H14Cl2N4O2S/c1-19-11-12(20(2)15(23)21(3)13(11)22)18-14(19)24-7-8-4-5-9(16)6-10(8)17/h4-6H,7H2,1-3H3. The van der Waals surface area contributed by atoms with Crippen molar-refractivity contribution in [2.45, 2.75) is 10.9 Å². The molecule has 0 bridgehead atoms. The van der Waals surface area contributed by atoms with Crippen molar-refractivity contribution in [2.24, 2.45) is 21.1 Å². The van der Waals surface area contributed by atoms with Crippen LogP contribution in [0.1, 0.15) is 5.56 Å². The van der Waals surface area contributed by atoms with E-state index in [1.165, 1.54) is 23.4 Å². The van der Waals surface area contributed by atoms with Crippen molar-refractivity contribution in [2.75, 3.05) is 0 Å². The highest BCUT2D eigenvalue weighted by molar-refractivity contribution is 7.98. The molecule has 3 rings (SSSR count). The zero-order chi connectivity index (χ0) is 17.6. The van der Waals surface area contributed by atoms with Gasteiger partial charge in [-0.1, -0.05) is 41.0 Å². The first-order valence-corrected chi connectivity index (χ1v) is 8.74. The first kappa shape index (κ1) is 17.1. The lowest BCUT2D eigenvalue weighted by Crippen LogP contribution is -2.37. The Kier molecular flexibility index (Phi) is 4.50. The van der Waals surface area contributed by atoms with Gasteiger partial charge < -0.3 is 4.57 Å². The average Bonchev–Trinajstić information content (AvgIpc) is 2.87. The highest BCUT2D eigenvalue weighted by Gasteiger charge is 2.17. The van der Waals surface area contributed by atoms with Gasteiger partial charge in [0.15, 0.2) is 16.3 Å². The maximum atomic E-state index is 12.3. The van der Waals surface area contributed by atoms with Gasteiger partial charge in [-0.05, 0) is 17.7 Å². The van der Waals surface area contributed by atoms with Gasteiger partial charge in [0, 0.05) is 36.9 Å². The zero-order valence-corrected chi connectivity index (χ0v) is 15.5. The van der Waals surface area contributed by atoms with Gasteiger partial charge in [-0.15, -0.1) is 0 Å². The third kappa shape index (κ3) is 2.76. The van der Waals surface area contributed by atoms with Crippen molar-refractivity contribution < 1.29 is 0 Å². The quantitative estimate of drug-likeness (QED) is 0.651. The number of aryl methyl sites for hydroxylation is 2. The van der Waals surface area contributed by atoms with Crippen molar-refractivity contribution in [1.29, 1.82) is 0 Å². The second-order valence-corrected chi connectivity index (χ2v) is 7.14. The predicted molar refractivity (Wildman–Crippen MR) is 97.2 cm³/mol. The molecule has 2 aromatic heterocycles. The van der Waals surface area contributed by atoms with Crippen molar-refractivity contribution in [1.82, 2.24) is 18.7 Å². The third-order valence-electron chi connectivity index (χ3n) is 3.81. The zero-order valence-electron chi connectivity index (χ0n) is 13.2. The first-order valence-electron chi connectivity index (χ1n) is 7.00. The van der Waals surface area contributed by atoms with Gasteiger partial charge in [-0.2, -0.15) is 0 Å². The molecule has 3 aromatic rings. The molecule has 6 nitrogen and oxygen atoms in total. The third-order valence-corrected chi connectivity index (χ3v) is 5.47. The summed E-state index contributed by atoms with van der Waals surface area (Å²) in [5.41, 5.74) is 0.918. The van der Waals surface area contributed by atoms with Gasteiger partial charge in [0.2, 0.25) is 0 Å². The van der Waals surface area contributed by atoms with E-state index in [0.717, 1.165) is 10.1 Å². The second kappa shape index (κ2) is 6.31. The summed E-state index contributed by atoms with van der Waals surface area (Å²) in [5, 5.41) is 1.79. The Bertz CT molecular complexity index is 1070. The summed E-state index contributed by atoms with van der Waals surface area (Å²) in [5.74, 6) is 0.571. The number of thioether (sulfide) groups is 1. The SMILES string of the molecule is Cn1c(=O)c2c(nc(SCc3ccc(Cl)cc3Cl)n2C)n(C)c1=O. The van der Waals surface area contributed by atoms with E-state index >= 15 is 0 Å². The molecule has 0 fully saturated rings. The lowest BCUT2D eigenvalue weighted by molar-refractivity contribution is 0.705. The molecule has 126 valence electrons. The molecular formula is C15H14Cl2N4O2S. The van der Waals surface area contributed by atoms with Gasteiger partial charge in [0.05, 0.1) is 0 Å². The van der Waals surface area contributed by atoms with Crippen LogP contribution in [-0.4, -0.2) is 18.7 Å². The molecule has 9 heteroatoms. The Balaban J connectivity index is 2.04. The van der Waals surface area contributed by atoms with Gasteiger partial charge >= 0.3 is 5.69 Å². The molecule has 0 radical (unpaired) electrons. The highest BCUT2D eigenvalue weighted by Crippen LogP contribution is 2.28. The lowest BCUT2D eigenvalue weighted by Gasteiger charge is -2.05. The molecule has 0 unspecified atom stereocenters. The minimum atomic E-state index is -0.400. The van der Waals surface area contributed by atoms with E-state index in [1.807, 2.05) is 6.07 Å². The van der Waals surface area contributed by atoms with Crippen LogP contribution in [0.4, 0.5) is 0 Å². The summed E-state index contributed by atoms with van der Waals surface area (Å²) in [4.78, 5) is 28.8. The molecule has 0 spiro atoms. The van der Waals surface area contributed by atoms with E-state index in [1.54, 1.807) is 30.8 Å².